The third kappa shape index (κ3) is 5.20. The van der Waals surface area contributed by atoms with Gasteiger partial charge in [0.15, 0.2) is 11.5 Å². The SMILES string of the molecule is CC(=O)OCOc1ccccc1OCOC(C)=O. The van der Waals surface area contributed by atoms with Crippen LogP contribution in [0.1, 0.15) is 13.8 Å². The molecule has 0 saturated carbocycles. The molecule has 1 aromatic carbocycles. The van der Waals surface area contributed by atoms with E-state index in [0.29, 0.717) is 11.5 Å². The number of carbonyl (C=O) groups is 2. The summed E-state index contributed by atoms with van der Waals surface area (Å²) in [5.74, 6) is -0.0848. The Morgan fingerprint density at radius 2 is 1.28 bits per heavy atom. The van der Waals surface area contributed by atoms with Gasteiger partial charge in [0.2, 0.25) is 13.6 Å². The zero-order valence-electron chi connectivity index (χ0n) is 10.2. The molecule has 0 aliphatic carbocycles. The van der Waals surface area contributed by atoms with Crippen molar-refractivity contribution in [3.05, 3.63) is 24.3 Å². The van der Waals surface area contributed by atoms with Gasteiger partial charge in [0.05, 0.1) is 0 Å². The maximum Gasteiger partial charge on any atom is 0.305 e. The smallest absolute Gasteiger partial charge is 0.305 e. The molecule has 98 valence electrons. The minimum absolute atomic E-state index is 0.205. The molecular formula is C12H14O6. The fourth-order valence-electron chi connectivity index (χ4n) is 1.04. The summed E-state index contributed by atoms with van der Waals surface area (Å²) in [6.07, 6.45) is 0. The summed E-state index contributed by atoms with van der Waals surface area (Å²) < 4.78 is 19.7. The highest BCUT2D eigenvalue weighted by Gasteiger charge is 2.05. The summed E-state index contributed by atoms with van der Waals surface area (Å²) in [6, 6.07) is 6.77. The normalized spacial score (nSPS) is 9.44. The Hall–Kier alpha value is -2.24. The summed E-state index contributed by atoms with van der Waals surface area (Å²) in [7, 11) is 0. The average molecular weight is 254 g/mol. The number of rotatable bonds is 6. The summed E-state index contributed by atoms with van der Waals surface area (Å²) in [5.41, 5.74) is 0. The Morgan fingerprint density at radius 3 is 1.61 bits per heavy atom. The molecule has 0 amide bonds. The molecule has 0 heterocycles. The quantitative estimate of drug-likeness (QED) is 0.565. The fourth-order valence-corrected chi connectivity index (χ4v) is 1.04. The largest absolute Gasteiger partial charge is 0.453 e. The van der Waals surface area contributed by atoms with Crippen LogP contribution in [0.15, 0.2) is 24.3 Å². The van der Waals surface area contributed by atoms with E-state index >= 15 is 0 Å². The van der Waals surface area contributed by atoms with E-state index in [0.717, 1.165) is 0 Å². The Balaban J connectivity index is 2.50. The van der Waals surface area contributed by atoms with Gasteiger partial charge < -0.3 is 18.9 Å². The van der Waals surface area contributed by atoms with E-state index < -0.39 is 11.9 Å². The highest BCUT2D eigenvalue weighted by molar-refractivity contribution is 5.66. The van der Waals surface area contributed by atoms with E-state index in [1.54, 1.807) is 24.3 Å². The minimum Gasteiger partial charge on any atom is -0.453 e. The Morgan fingerprint density at radius 1 is 0.889 bits per heavy atom. The molecule has 0 N–H and O–H groups in total. The van der Waals surface area contributed by atoms with E-state index in [1.165, 1.54) is 13.8 Å². The van der Waals surface area contributed by atoms with Crippen molar-refractivity contribution >= 4 is 11.9 Å². The number of hydrogen-bond donors (Lipinski definition) is 0. The van der Waals surface area contributed by atoms with Gasteiger partial charge >= 0.3 is 11.9 Å². The highest BCUT2D eigenvalue weighted by Crippen LogP contribution is 2.26. The predicted molar refractivity (Wildman–Crippen MR) is 61.0 cm³/mol. The summed E-state index contributed by atoms with van der Waals surface area (Å²) in [6.45, 7) is 2.16. The first-order valence-corrected chi connectivity index (χ1v) is 5.21. The molecule has 1 rings (SSSR count). The average Bonchev–Trinajstić information content (AvgIpc) is 2.30. The van der Waals surface area contributed by atoms with E-state index in [4.69, 9.17) is 9.47 Å². The van der Waals surface area contributed by atoms with Crippen molar-refractivity contribution in [3.63, 3.8) is 0 Å². The number of para-hydroxylation sites is 2. The Bertz CT molecular complexity index is 376. The fraction of sp³-hybridized carbons (Fsp3) is 0.333. The highest BCUT2D eigenvalue weighted by atomic mass is 16.7. The van der Waals surface area contributed by atoms with Gasteiger partial charge in [-0.3, -0.25) is 9.59 Å². The third-order valence-corrected chi connectivity index (χ3v) is 1.80. The maximum absolute atomic E-state index is 10.6. The van der Waals surface area contributed by atoms with Crippen LogP contribution in [0, 0.1) is 0 Å². The third-order valence-electron chi connectivity index (χ3n) is 1.80. The van der Waals surface area contributed by atoms with E-state index in [2.05, 4.69) is 9.47 Å². The van der Waals surface area contributed by atoms with Crippen molar-refractivity contribution < 1.29 is 28.5 Å². The molecule has 0 saturated heterocycles. The van der Waals surface area contributed by atoms with Crippen LogP contribution in [0.5, 0.6) is 11.5 Å². The van der Waals surface area contributed by atoms with Crippen molar-refractivity contribution in [1.82, 2.24) is 0 Å². The zero-order valence-corrected chi connectivity index (χ0v) is 10.2. The molecule has 0 fully saturated rings. The van der Waals surface area contributed by atoms with Gasteiger partial charge in [-0.2, -0.15) is 0 Å². The monoisotopic (exact) mass is 254 g/mol. The van der Waals surface area contributed by atoms with Gasteiger partial charge in [-0.05, 0) is 12.1 Å². The molecule has 0 atom stereocenters. The number of esters is 2. The van der Waals surface area contributed by atoms with Crippen LogP contribution < -0.4 is 9.47 Å². The molecule has 6 heteroatoms. The number of hydrogen-bond acceptors (Lipinski definition) is 6. The van der Waals surface area contributed by atoms with Gasteiger partial charge in [-0.15, -0.1) is 0 Å². The molecule has 0 bridgehead atoms. The molecule has 0 aliphatic rings. The molecule has 0 radical (unpaired) electrons. The molecule has 1 aromatic rings. The van der Waals surface area contributed by atoms with Gasteiger partial charge in [0, 0.05) is 13.8 Å². The van der Waals surface area contributed by atoms with Crippen LogP contribution in [0.4, 0.5) is 0 Å². The minimum atomic E-state index is -0.437. The molecule has 0 aliphatic heterocycles. The Labute approximate surface area is 104 Å². The first-order chi connectivity index (χ1) is 8.59. The second-order valence-corrected chi connectivity index (χ2v) is 3.24. The molecule has 18 heavy (non-hydrogen) atoms. The van der Waals surface area contributed by atoms with E-state index in [-0.39, 0.29) is 13.6 Å². The first kappa shape index (κ1) is 13.8. The van der Waals surface area contributed by atoms with Crippen LogP contribution in [-0.4, -0.2) is 25.5 Å². The molecule has 0 spiro atoms. The summed E-state index contributed by atoms with van der Waals surface area (Å²) >= 11 is 0. The van der Waals surface area contributed by atoms with Crippen molar-refractivity contribution in [2.75, 3.05) is 13.6 Å². The van der Waals surface area contributed by atoms with Crippen molar-refractivity contribution in [1.29, 1.82) is 0 Å². The van der Waals surface area contributed by atoms with Gasteiger partial charge in [0.25, 0.3) is 0 Å². The summed E-state index contributed by atoms with van der Waals surface area (Å²) in [5, 5.41) is 0. The number of ether oxygens (including phenoxy) is 4. The topological polar surface area (TPSA) is 71.1 Å². The van der Waals surface area contributed by atoms with Crippen molar-refractivity contribution in [3.8, 4) is 11.5 Å². The van der Waals surface area contributed by atoms with E-state index in [9.17, 15) is 9.59 Å². The lowest BCUT2D eigenvalue weighted by Crippen LogP contribution is -2.10. The van der Waals surface area contributed by atoms with Crippen LogP contribution in [0.2, 0.25) is 0 Å². The zero-order chi connectivity index (χ0) is 13.4. The lowest BCUT2D eigenvalue weighted by Gasteiger charge is -2.11. The Kier molecular flexibility index (Phi) is 5.50. The van der Waals surface area contributed by atoms with Gasteiger partial charge in [-0.25, -0.2) is 0 Å². The predicted octanol–water partition coefficient (Wildman–Crippen LogP) is 1.49. The molecule has 0 aromatic heterocycles. The molecule has 6 nitrogen and oxygen atoms in total. The van der Waals surface area contributed by atoms with Crippen LogP contribution in [-0.2, 0) is 19.1 Å². The van der Waals surface area contributed by atoms with Crippen LogP contribution in [0.25, 0.3) is 0 Å². The van der Waals surface area contributed by atoms with Crippen molar-refractivity contribution in [2.45, 2.75) is 13.8 Å². The van der Waals surface area contributed by atoms with E-state index in [1.807, 2.05) is 0 Å². The van der Waals surface area contributed by atoms with Gasteiger partial charge in [-0.1, -0.05) is 12.1 Å². The standard InChI is InChI=1S/C12H14O6/c1-9(13)15-7-17-11-5-3-4-6-12(11)18-8-16-10(2)14/h3-6H,7-8H2,1-2H3. The second kappa shape index (κ2) is 7.16. The van der Waals surface area contributed by atoms with Crippen LogP contribution >= 0.6 is 0 Å². The number of carbonyl (C=O) groups excluding carboxylic acids is 2. The van der Waals surface area contributed by atoms with Crippen LogP contribution in [0.3, 0.4) is 0 Å². The lowest BCUT2D eigenvalue weighted by molar-refractivity contribution is -0.149. The number of benzene rings is 1. The maximum atomic E-state index is 10.6. The second-order valence-electron chi connectivity index (χ2n) is 3.24. The first-order valence-electron chi connectivity index (χ1n) is 5.21. The molecular weight excluding hydrogens is 240 g/mol. The molecule has 0 unspecified atom stereocenters. The van der Waals surface area contributed by atoms with Crippen molar-refractivity contribution in [2.24, 2.45) is 0 Å². The van der Waals surface area contributed by atoms with Gasteiger partial charge in [0.1, 0.15) is 0 Å². The summed E-state index contributed by atoms with van der Waals surface area (Å²) in [4.78, 5) is 21.1. The lowest BCUT2D eigenvalue weighted by atomic mass is 10.3.